The van der Waals surface area contributed by atoms with Gasteiger partial charge in [-0.25, -0.2) is 4.79 Å². The van der Waals surface area contributed by atoms with Crippen molar-refractivity contribution in [1.29, 1.82) is 0 Å². The molecule has 3 heterocycles. The second kappa shape index (κ2) is 9.33. The van der Waals surface area contributed by atoms with E-state index in [0.717, 1.165) is 18.5 Å². The van der Waals surface area contributed by atoms with Crippen LogP contribution in [0.25, 0.3) is 0 Å². The Morgan fingerprint density at radius 1 is 1.21 bits per heavy atom. The van der Waals surface area contributed by atoms with Gasteiger partial charge in [-0.3, -0.25) is 19.4 Å². The third-order valence-electron chi connectivity index (χ3n) is 7.78. The quantitative estimate of drug-likeness (QED) is 0.582. The van der Waals surface area contributed by atoms with Crippen LogP contribution in [-0.2, 0) is 20.9 Å². The molecule has 3 aliphatic heterocycles. The van der Waals surface area contributed by atoms with E-state index in [2.05, 4.69) is 24.1 Å². The number of likely N-dealkylation sites (tertiary alicyclic amines) is 1. The lowest BCUT2D eigenvalue weighted by Gasteiger charge is -2.60. The molecule has 5 atom stereocenters. The number of methoxy groups -OCH3 is 1. The van der Waals surface area contributed by atoms with Crippen LogP contribution >= 0.6 is 0 Å². The topological polar surface area (TPSA) is 99.2 Å². The van der Waals surface area contributed by atoms with Crippen molar-refractivity contribution in [2.24, 2.45) is 23.7 Å². The van der Waals surface area contributed by atoms with Crippen LogP contribution in [0, 0.1) is 23.7 Å². The molecule has 4 bridgehead atoms. The first-order valence-corrected chi connectivity index (χ1v) is 11.9. The minimum atomic E-state index is -1.13. The first-order chi connectivity index (χ1) is 15.8. The van der Waals surface area contributed by atoms with Crippen molar-refractivity contribution in [1.82, 2.24) is 15.1 Å². The van der Waals surface area contributed by atoms with Crippen LogP contribution in [0.3, 0.4) is 0 Å². The summed E-state index contributed by atoms with van der Waals surface area (Å²) in [6, 6.07) is 9.42. The Bertz CT molecular complexity index is 891. The largest absolute Gasteiger partial charge is 0.469 e. The van der Waals surface area contributed by atoms with E-state index in [1.807, 2.05) is 30.3 Å². The highest BCUT2D eigenvalue weighted by Gasteiger charge is 2.72. The Morgan fingerprint density at radius 2 is 1.94 bits per heavy atom. The number of carboxylic acid groups (broad SMARTS) is 1. The molecule has 0 aromatic heterocycles. The van der Waals surface area contributed by atoms with Crippen LogP contribution in [0.5, 0.6) is 0 Å². The predicted molar refractivity (Wildman–Crippen MR) is 122 cm³/mol. The molecule has 8 nitrogen and oxygen atoms in total. The fourth-order valence-electron chi connectivity index (χ4n) is 6.72. The number of ether oxygens (including phenoxy) is 1. The van der Waals surface area contributed by atoms with Crippen LogP contribution in [0.2, 0.25) is 0 Å². The third kappa shape index (κ3) is 4.09. The molecule has 5 rings (SSSR count). The molecule has 4 fully saturated rings. The van der Waals surface area contributed by atoms with E-state index in [-0.39, 0.29) is 42.1 Å². The van der Waals surface area contributed by atoms with Crippen LogP contribution in [0.4, 0.5) is 4.79 Å². The van der Waals surface area contributed by atoms with E-state index >= 15 is 0 Å². The summed E-state index contributed by atoms with van der Waals surface area (Å²) in [7, 11) is 1.39. The van der Waals surface area contributed by atoms with E-state index in [1.165, 1.54) is 12.0 Å². The second-order valence-electron chi connectivity index (χ2n) is 10.2. The number of carbonyl (C=O) groups excluding carboxylic acids is 2. The van der Waals surface area contributed by atoms with E-state index in [1.54, 1.807) is 0 Å². The number of nitrogens with one attached hydrogen (secondary N) is 1. The Kier molecular flexibility index (Phi) is 6.66. The maximum atomic E-state index is 14.0. The van der Waals surface area contributed by atoms with Gasteiger partial charge < -0.3 is 15.2 Å². The molecule has 33 heavy (non-hydrogen) atoms. The Labute approximate surface area is 195 Å². The Hall–Kier alpha value is -2.61. The zero-order valence-corrected chi connectivity index (χ0v) is 19.7. The van der Waals surface area contributed by atoms with Crippen molar-refractivity contribution < 1.29 is 24.2 Å². The fraction of sp³-hybridized carbons (Fsp3) is 0.640. The van der Waals surface area contributed by atoms with Crippen molar-refractivity contribution in [2.45, 2.75) is 51.2 Å². The Morgan fingerprint density at radius 3 is 2.58 bits per heavy atom. The normalized spacial score (nSPS) is 30.5. The number of benzene rings is 1. The molecule has 0 radical (unpaired) electrons. The molecule has 1 aromatic rings. The van der Waals surface area contributed by atoms with Crippen LogP contribution < -0.4 is 5.32 Å². The fourth-order valence-corrected chi connectivity index (χ4v) is 6.72. The van der Waals surface area contributed by atoms with Crippen molar-refractivity contribution in [3.8, 4) is 0 Å². The molecule has 1 aliphatic carbocycles. The second-order valence-corrected chi connectivity index (χ2v) is 10.2. The van der Waals surface area contributed by atoms with Gasteiger partial charge in [0.1, 0.15) is 5.54 Å². The first-order valence-electron chi connectivity index (χ1n) is 11.9. The predicted octanol–water partition coefficient (Wildman–Crippen LogP) is 2.58. The average molecular weight is 458 g/mol. The van der Waals surface area contributed by atoms with Gasteiger partial charge in [0, 0.05) is 44.6 Å². The molecular weight excluding hydrogens is 422 g/mol. The zero-order chi connectivity index (χ0) is 23.8. The summed E-state index contributed by atoms with van der Waals surface area (Å²) in [5.41, 5.74) is -0.160. The van der Waals surface area contributed by atoms with Crippen LogP contribution in [0.1, 0.15) is 38.7 Å². The van der Waals surface area contributed by atoms with Crippen molar-refractivity contribution >= 4 is 18.0 Å². The van der Waals surface area contributed by atoms with Gasteiger partial charge in [0.05, 0.1) is 7.11 Å². The summed E-state index contributed by atoms with van der Waals surface area (Å²) >= 11 is 0. The molecular formula is C25H35N3O5. The molecule has 3 saturated heterocycles. The number of rotatable bonds is 8. The molecule has 1 aromatic carbocycles. The lowest BCUT2D eigenvalue weighted by molar-refractivity contribution is -0.156. The van der Waals surface area contributed by atoms with Crippen molar-refractivity contribution in [3.05, 3.63) is 35.9 Å². The molecule has 2 amide bonds. The van der Waals surface area contributed by atoms with E-state index in [9.17, 15) is 19.5 Å². The third-order valence-corrected chi connectivity index (χ3v) is 7.78. The highest BCUT2D eigenvalue weighted by atomic mass is 16.5. The van der Waals surface area contributed by atoms with Crippen molar-refractivity contribution in [3.63, 3.8) is 0 Å². The monoisotopic (exact) mass is 457 g/mol. The number of fused-ring (bicyclic) bond motifs is 1. The number of hydrogen-bond acceptors (Lipinski definition) is 5. The van der Waals surface area contributed by atoms with Gasteiger partial charge in [0.15, 0.2) is 0 Å². The van der Waals surface area contributed by atoms with Crippen molar-refractivity contribution in [2.75, 3.05) is 26.7 Å². The maximum absolute atomic E-state index is 14.0. The smallest absolute Gasteiger partial charge is 0.408 e. The summed E-state index contributed by atoms with van der Waals surface area (Å²) in [5.74, 6) is 0.0600. The van der Waals surface area contributed by atoms with Gasteiger partial charge in [-0.15, -0.1) is 0 Å². The Balaban J connectivity index is 1.69. The van der Waals surface area contributed by atoms with Gasteiger partial charge in [-0.1, -0.05) is 44.2 Å². The van der Waals surface area contributed by atoms with Crippen LogP contribution in [-0.4, -0.2) is 71.2 Å². The van der Waals surface area contributed by atoms with E-state index in [0.29, 0.717) is 32.0 Å². The van der Waals surface area contributed by atoms with Gasteiger partial charge in [-0.2, -0.15) is 0 Å². The SMILES string of the molecule is COC(=O)CC[C@@H]1[C@H]2CC3CN(CC(C)C)[C@@H]1[C@@]3(C(=O)NCc1ccccc1)N(C(=O)O)C2. The highest BCUT2D eigenvalue weighted by molar-refractivity contribution is 5.92. The minimum absolute atomic E-state index is 0.0544. The molecule has 0 spiro atoms. The number of esters is 1. The molecule has 1 saturated carbocycles. The molecule has 180 valence electrons. The molecule has 2 N–H and O–H groups in total. The molecule has 4 aliphatic rings. The van der Waals surface area contributed by atoms with Gasteiger partial charge in [0.2, 0.25) is 5.91 Å². The zero-order valence-electron chi connectivity index (χ0n) is 19.7. The maximum Gasteiger partial charge on any atom is 0.408 e. The summed E-state index contributed by atoms with van der Waals surface area (Å²) in [4.78, 5) is 42.1. The van der Waals surface area contributed by atoms with Gasteiger partial charge >= 0.3 is 12.1 Å². The average Bonchev–Trinajstić information content (AvgIpc) is 3.05. The number of piperidine rings is 2. The van der Waals surface area contributed by atoms with Gasteiger partial charge in [-0.05, 0) is 36.2 Å². The van der Waals surface area contributed by atoms with E-state index < -0.39 is 11.6 Å². The highest BCUT2D eigenvalue weighted by Crippen LogP contribution is 2.57. The number of hydrogen-bond donors (Lipinski definition) is 2. The summed E-state index contributed by atoms with van der Waals surface area (Å²) in [6.45, 7) is 6.47. The minimum Gasteiger partial charge on any atom is -0.469 e. The van der Waals surface area contributed by atoms with Crippen LogP contribution in [0.15, 0.2) is 30.3 Å². The summed E-state index contributed by atoms with van der Waals surface area (Å²) < 4.78 is 4.88. The lowest BCUT2D eigenvalue weighted by Crippen LogP contribution is -2.77. The summed E-state index contributed by atoms with van der Waals surface area (Å²) in [5, 5.41) is 13.3. The lowest BCUT2D eigenvalue weighted by atomic mass is 9.57. The number of nitrogens with zero attached hydrogens (tertiary/aromatic N) is 2. The number of carbonyl (C=O) groups is 3. The molecule has 8 heteroatoms. The first kappa shape index (κ1) is 23.5. The molecule has 1 unspecified atom stereocenters. The van der Waals surface area contributed by atoms with Gasteiger partial charge in [0.25, 0.3) is 0 Å². The standard InChI is InChI=1S/C25H35N3O5/c1-16(2)13-27-15-19-11-18-14-28(24(31)32)25(19,22(27)20(18)9-10-21(29)33-3)23(30)26-12-17-7-5-4-6-8-17/h4-8,16,18-20,22H,9-15H2,1-3H3,(H,26,30)(H,31,32)/t18-,19?,20+,22-,25-/m0/s1. The number of amides is 2. The van der Waals surface area contributed by atoms with E-state index in [4.69, 9.17) is 4.74 Å². The summed E-state index contributed by atoms with van der Waals surface area (Å²) in [6.07, 6.45) is 0.648.